The van der Waals surface area contributed by atoms with Crippen molar-refractivity contribution in [3.8, 4) is 5.75 Å². The fourth-order valence-electron chi connectivity index (χ4n) is 3.33. The van der Waals surface area contributed by atoms with Gasteiger partial charge in [0.2, 0.25) is 5.91 Å². The highest BCUT2D eigenvalue weighted by atomic mass is 19.1. The van der Waals surface area contributed by atoms with E-state index in [9.17, 15) is 14.0 Å². The fraction of sp³-hybridized carbons (Fsp3) is 0.391. The molecule has 154 valence electrons. The third-order valence-corrected chi connectivity index (χ3v) is 4.68. The van der Waals surface area contributed by atoms with Crippen LogP contribution >= 0.6 is 0 Å². The molecule has 2 aromatic carbocycles. The zero-order valence-corrected chi connectivity index (χ0v) is 17.3. The molecule has 0 unspecified atom stereocenters. The molecule has 1 atom stereocenters. The number of rotatable bonds is 4. The van der Waals surface area contributed by atoms with E-state index >= 15 is 0 Å². The Bertz CT molecular complexity index is 921. The molecule has 0 aromatic heterocycles. The molecule has 0 spiro atoms. The standard InChI is InChI=1S/C23H27FN2O3/c1-15-22(28)26(13-16-7-5-6-8-19(16)24)14-17-11-18(9-10-20(17)29-15)25-21(27)12-23(2,3)4/h5-11,15H,12-14H2,1-4H3,(H,25,27)/t15-/m1/s1. The monoisotopic (exact) mass is 398 g/mol. The number of anilines is 1. The summed E-state index contributed by atoms with van der Waals surface area (Å²) in [5.41, 5.74) is 1.75. The summed E-state index contributed by atoms with van der Waals surface area (Å²) in [6.07, 6.45) is -0.278. The predicted molar refractivity (Wildman–Crippen MR) is 110 cm³/mol. The number of nitrogens with one attached hydrogen (secondary N) is 1. The zero-order chi connectivity index (χ0) is 21.2. The Morgan fingerprint density at radius 3 is 2.66 bits per heavy atom. The van der Waals surface area contributed by atoms with Gasteiger partial charge in [-0.3, -0.25) is 9.59 Å². The Morgan fingerprint density at radius 1 is 1.24 bits per heavy atom. The molecular formula is C23H27FN2O3. The molecule has 0 radical (unpaired) electrons. The van der Waals surface area contributed by atoms with Crippen molar-refractivity contribution in [2.45, 2.75) is 53.3 Å². The van der Waals surface area contributed by atoms with Gasteiger partial charge in [0, 0.05) is 36.3 Å². The van der Waals surface area contributed by atoms with E-state index in [0.717, 1.165) is 5.56 Å². The van der Waals surface area contributed by atoms with Crippen LogP contribution in [0.1, 0.15) is 45.2 Å². The van der Waals surface area contributed by atoms with E-state index in [-0.39, 0.29) is 36.1 Å². The summed E-state index contributed by atoms with van der Waals surface area (Å²) >= 11 is 0. The molecule has 29 heavy (non-hydrogen) atoms. The Kier molecular flexibility index (Phi) is 5.91. The molecule has 0 aliphatic carbocycles. The number of halogens is 1. The van der Waals surface area contributed by atoms with Crippen molar-refractivity contribution in [2.24, 2.45) is 5.41 Å². The minimum atomic E-state index is -0.677. The first-order valence-corrected chi connectivity index (χ1v) is 9.74. The first-order valence-electron chi connectivity index (χ1n) is 9.74. The van der Waals surface area contributed by atoms with Crippen LogP contribution in [0.5, 0.6) is 5.75 Å². The second-order valence-corrected chi connectivity index (χ2v) is 8.65. The Hall–Kier alpha value is -2.89. The normalized spacial score (nSPS) is 16.7. The summed E-state index contributed by atoms with van der Waals surface area (Å²) < 4.78 is 19.9. The number of ether oxygens (including phenoxy) is 1. The minimum absolute atomic E-state index is 0.0698. The van der Waals surface area contributed by atoms with Gasteiger partial charge < -0.3 is 15.0 Å². The lowest BCUT2D eigenvalue weighted by Gasteiger charge is -2.22. The molecule has 0 fully saturated rings. The van der Waals surface area contributed by atoms with Gasteiger partial charge >= 0.3 is 0 Å². The number of carbonyl (C=O) groups excluding carboxylic acids is 2. The summed E-state index contributed by atoms with van der Waals surface area (Å²) in [4.78, 5) is 26.6. The molecule has 2 aromatic rings. The second-order valence-electron chi connectivity index (χ2n) is 8.65. The van der Waals surface area contributed by atoms with Gasteiger partial charge in [0.1, 0.15) is 11.6 Å². The quantitative estimate of drug-likeness (QED) is 0.824. The maximum absolute atomic E-state index is 14.1. The van der Waals surface area contributed by atoms with Crippen LogP contribution in [0.25, 0.3) is 0 Å². The molecular weight excluding hydrogens is 371 g/mol. The molecule has 6 heteroatoms. The average molecular weight is 398 g/mol. The lowest BCUT2D eigenvalue weighted by molar-refractivity contribution is -0.138. The Morgan fingerprint density at radius 2 is 1.97 bits per heavy atom. The summed E-state index contributed by atoms with van der Waals surface area (Å²) in [5, 5.41) is 2.91. The van der Waals surface area contributed by atoms with E-state index in [1.165, 1.54) is 6.07 Å². The van der Waals surface area contributed by atoms with Crippen molar-refractivity contribution in [1.82, 2.24) is 4.90 Å². The maximum atomic E-state index is 14.1. The smallest absolute Gasteiger partial charge is 0.263 e. The number of benzene rings is 2. The van der Waals surface area contributed by atoms with Gasteiger partial charge in [-0.25, -0.2) is 4.39 Å². The molecule has 0 saturated heterocycles. The van der Waals surface area contributed by atoms with E-state index in [0.29, 0.717) is 23.4 Å². The van der Waals surface area contributed by atoms with E-state index < -0.39 is 6.10 Å². The summed E-state index contributed by atoms with van der Waals surface area (Å²) in [5.74, 6) is -0.0281. The van der Waals surface area contributed by atoms with Gasteiger partial charge in [-0.1, -0.05) is 39.0 Å². The predicted octanol–water partition coefficient (Wildman–Crippen LogP) is 4.51. The molecule has 1 heterocycles. The summed E-state index contributed by atoms with van der Waals surface area (Å²) in [7, 11) is 0. The van der Waals surface area contributed by atoms with E-state index in [2.05, 4.69) is 5.32 Å². The first-order chi connectivity index (χ1) is 13.6. The van der Waals surface area contributed by atoms with Crippen molar-refractivity contribution in [3.05, 3.63) is 59.4 Å². The van der Waals surface area contributed by atoms with Crippen molar-refractivity contribution < 1.29 is 18.7 Å². The van der Waals surface area contributed by atoms with E-state index in [4.69, 9.17) is 4.74 Å². The molecule has 0 bridgehead atoms. The number of fused-ring (bicyclic) bond motifs is 1. The molecule has 0 saturated carbocycles. The average Bonchev–Trinajstić information content (AvgIpc) is 2.73. The fourth-order valence-corrected chi connectivity index (χ4v) is 3.33. The van der Waals surface area contributed by atoms with Gasteiger partial charge in [-0.2, -0.15) is 0 Å². The van der Waals surface area contributed by atoms with Crippen LogP contribution in [0.3, 0.4) is 0 Å². The van der Waals surface area contributed by atoms with Gasteiger partial charge in [-0.15, -0.1) is 0 Å². The van der Waals surface area contributed by atoms with Gasteiger partial charge in [0.05, 0.1) is 0 Å². The topological polar surface area (TPSA) is 58.6 Å². The third kappa shape index (κ3) is 5.34. The third-order valence-electron chi connectivity index (χ3n) is 4.68. The molecule has 2 amide bonds. The summed E-state index contributed by atoms with van der Waals surface area (Å²) in [6, 6.07) is 11.8. The number of hydrogen-bond donors (Lipinski definition) is 1. The Balaban J connectivity index is 1.83. The van der Waals surface area contributed by atoms with Crippen molar-refractivity contribution in [2.75, 3.05) is 5.32 Å². The van der Waals surface area contributed by atoms with E-state index in [1.54, 1.807) is 42.2 Å². The highest BCUT2D eigenvalue weighted by Gasteiger charge is 2.28. The highest BCUT2D eigenvalue weighted by molar-refractivity contribution is 5.91. The Labute approximate surface area is 170 Å². The van der Waals surface area contributed by atoms with Crippen LogP contribution in [0.15, 0.2) is 42.5 Å². The minimum Gasteiger partial charge on any atom is -0.481 e. The molecule has 5 nitrogen and oxygen atoms in total. The SMILES string of the molecule is C[C@H]1Oc2ccc(NC(=O)CC(C)(C)C)cc2CN(Cc2ccccc2F)C1=O. The zero-order valence-electron chi connectivity index (χ0n) is 17.3. The van der Waals surface area contributed by atoms with Crippen LogP contribution in [-0.4, -0.2) is 22.8 Å². The molecule has 1 aliphatic rings. The van der Waals surface area contributed by atoms with Gasteiger partial charge in [0.25, 0.3) is 5.91 Å². The lowest BCUT2D eigenvalue weighted by atomic mass is 9.92. The van der Waals surface area contributed by atoms with Crippen LogP contribution < -0.4 is 10.1 Å². The molecule has 3 rings (SSSR count). The van der Waals surface area contributed by atoms with Crippen molar-refractivity contribution in [3.63, 3.8) is 0 Å². The molecule has 1 N–H and O–H groups in total. The number of hydrogen-bond acceptors (Lipinski definition) is 3. The van der Waals surface area contributed by atoms with Crippen LogP contribution in [-0.2, 0) is 22.7 Å². The van der Waals surface area contributed by atoms with Crippen molar-refractivity contribution >= 4 is 17.5 Å². The van der Waals surface area contributed by atoms with Gasteiger partial charge in [0.15, 0.2) is 6.10 Å². The number of nitrogens with zero attached hydrogens (tertiary/aromatic N) is 1. The molecule has 1 aliphatic heterocycles. The first kappa shape index (κ1) is 20.8. The van der Waals surface area contributed by atoms with Crippen LogP contribution in [0.4, 0.5) is 10.1 Å². The van der Waals surface area contributed by atoms with E-state index in [1.807, 2.05) is 26.8 Å². The number of amides is 2. The maximum Gasteiger partial charge on any atom is 0.263 e. The van der Waals surface area contributed by atoms with Gasteiger partial charge in [-0.05, 0) is 36.6 Å². The van der Waals surface area contributed by atoms with Crippen LogP contribution in [0, 0.1) is 11.2 Å². The van der Waals surface area contributed by atoms with Crippen LogP contribution in [0.2, 0.25) is 0 Å². The van der Waals surface area contributed by atoms with Crippen molar-refractivity contribution in [1.29, 1.82) is 0 Å². The number of carbonyl (C=O) groups is 2. The summed E-state index contributed by atoms with van der Waals surface area (Å²) in [6.45, 7) is 8.13. The largest absolute Gasteiger partial charge is 0.481 e. The second kappa shape index (κ2) is 8.23. The highest BCUT2D eigenvalue weighted by Crippen LogP contribution is 2.30. The lowest BCUT2D eigenvalue weighted by Crippen LogP contribution is -2.37.